The molecule has 2 rings (SSSR count). The van der Waals surface area contributed by atoms with Gasteiger partial charge in [-0.1, -0.05) is 31.2 Å². The van der Waals surface area contributed by atoms with Crippen LogP contribution in [0.3, 0.4) is 0 Å². The summed E-state index contributed by atoms with van der Waals surface area (Å²) in [4.78, 5) is 12.1. The molecular formula is C15H17F3O3. The van der Waals surface area contributed by atoms with Gasteiger partial charge in [0.15, 0.2) is 0 Å². The molecule has 2 unspecified atom stereocenters. The molecule has 0 bridgehead atoms. The number of esters is 1. The number of hydrogen-bond acceptors (Lipinski definition) is 3. The van der Waals surface area contributed by atoms with Crippen LogP contribution in [0.2, 0.25) is 0 Å². The maximum atomic E-state index is 13.7. The zero-order valence-electron chi connectivity index (χ0n) is 11.9. The number of ether oxygens (including phenoxy) is 2. The Balaban J connectivity index is 2.65. The third kappa shape index (κ3) is 2.52. The standard InChI is InChI=1S/C15H17F3O3/c1-3-11-9-10-7-5-6-8-12(10)14(21-11,15(16,17)18)13(19)20-4-2/h5-8,11H,3-4,9H2,1-2H3. The molecule has 0 N–H and O–H groups in total. The molecule has 0 spiro atoms. The van der Waals surface area contributed by atoms with E-state index in [4.69, 9.17) is 4.74 Å². The summed E-state index contributed by atoms with van der Waals surface area (Å²) in [7, 11) is 0. The Kier molecular flexibility index (Phi) is 4.27. The fourth-order valence-electron chi connectivity index (χ4n) is 2.60. The molecule has 1 heterocycles. The lowest BCUT2D eigenvalue weighted by Crippen LogP contribution is -2.56. The summed E-state index contributed by atoms with van der Waals surface area (Å²) >= 11 is 0. The highest BCUT2D eigenvalue weighted by atomic mass is 19.4. The van der Waals surface area contributed by atoms with Gasteiger partial charge in [0.05, 0.1) is 12.7 Å². The highest BCUT2D eigenvalue weighted by molar-refractivity contribution is 5.83. The molecule has 0 fully saturated rings. The van der Waals surface area contributed by atoms with E-state index in [9.17, 15) is 18.0 Å². The molecule has 21 heavy (non-hydrogen) atoms. The number of carbonyl (C=O) groups is 1. The first kappa shape index (κ1) is 15.8. The number of fused-ring (bicyclic) bond motifs is 1. The molecule has 0 saturated heterocycles. The second-order valence-corrected chi connectivity index (χ2v) is 4.91. The number of hydrogen-bond donors (Lipinski definition) is 0. The normalized spacial score (nSPS) is 25.3. The highest BCUT2D eigenvalue weighted by Crippen LogP contribution is 2.48. The van der Waals surface area contributed by atoms with E-state index in [-0.39, 0.29) is 12.2 Å². The minimum atomic E-state index is -4.89. The van der Waals surface area contributed by atoms with E-state index < -0.39 is 23.9 Å². The zero-order valence-corrected chi connectivity index (χ0v) is 11.9. The van der Waals surface area contributed by atoms with Crippen molar-refractivity contribution in [1.82, 2.24) is 0 Å². The molecule has 3 nitrogen and oxygen atoms in total. The Morgan fingerprint density at radius 1 is 1.38 bits per heavy atom. The molecule has 6 heteroatoms. The van der Waals surface area contributed by atoms with E-state index in [1.807, 2.05) is 0 Å². The lowest BCUT2D eigenvalue weighted by molar-refractivity contribution is -0.298. The number of benzene rings is 1. The molecule has 1 aromatic rings. The van der Waals surface area contributed by atoms with Crippen molar-refractivity contribution in [3.63, 3.8) is 0 Å². The van der Waals surface area contributed by atoms with Gasteiger partial charge in [0.1, 0.15) is 0 Å². The van der Waals surface area contributed by atoms with E-state index in [0.717, 1.165) is 0 Å². The summed E-state index contributed by atoms with van der Waals surface area (Å²) in [6, 6.07) is 6.00. The maximum Gasteiger partial charge on any atom is 0.432 e. The molecular weight excluding hydrogens is 285 g/mol. The maximum absolute atomic E-state index is 13.7. The van der Waals surface area contributed by atoms with Gasteiger partial charge in [0, 0.05) is 5.56 Å². The van der Waals surface area contributed by atoms with Gasteiger partial charge in [0.2, 0.25) is 0 Å². The summed E-state index contributed by atoms with van der Waals surface area (Å²) in [5, 5.41) is 0. The average Bonchev–Trinajstić information content (AvgIpc) is 2.44. The summed E-state index contributed by atoms with van der Waals surface area (Å²) in [6.45, 7) is 3.05. The van der Waals surface area contributed by atoms with Gasteiger partial charge in [-0.3, -0.25) is 0 Å². The van der Waals surface area contributed by atoms with Crippen LogP contribution in [0.15, 0.2) is 24.3 Å². The molecule has 116 valence electrons. The smallest absolute Gasteiger partial charge is 0.432 e. The largest absolute Gasteiger partial charge is 0.463 e. The van der Waals surface area contributed by atoms with Gasteiger partial charge in [-0.2, -0.15) is 13.2 Å². The van der Waals surface area contributed by atoms with Crippen LogP contribution >= 0.6 is 0 Å². The molecule has 0 aliphatic carbocycles. The molecule has 0 saturated carbocycles. The van der Waals surface area contributed by atoms with Crippen molar-refractivity contribution in [2.45, 2.75) is 44.6 Å². The minimum Gasteiger partial charge on any atom is -0.463 e. The van der Waals surface area contributed by atoms with E-state index in [1.54, 1.807) is 19.1 Å². The van der Waals surface area contributed by atoms with Crippen LogP contribution in [0.5, 0.6) is 0 Å². The van der Waals surface area contributed by atoms with Crippen LogP contribution in [-0.4, -0.2) is 24.9 Å². The first-order valence-corrected chi connectivity index (χ1v) is 6.87. The van der Waals surface area contributed by atoms with Crippen molar-refractivity contribution in [3.05, 3.63) is 35.4 Å². The Morgan fingerprint density at radius 3 is 2.62 bits per heavy atom. The van der Waals surface area contributed by atoms with Crippen LogP contribution in [0.1, 0.15) is 31.4 Å². The third-order valence-electron chi connectivity index (χ3n) is 3.61. The monoisotopic (exact) mass is 302 g/mol. The van der Waals surface area contributed by atoms with Crippen molar-refractivity contribution in [1.29, 1.82) is 0 Å². The lowest BCUT2D eigenvalue weighted by atomic mass is 9.83. The van der Waals surface area contributed by atoms with Crippen molar-refractivity contribution in [2.24, 2.45) is 0 Å². The minimum absolute atomic E-state index is 0.140. The van der Waals surface area contributed by atoms with Gasteiger partial charge in [0.25, 0.3) is 5.60 Å². The Bertz CT molecular complexity index is 527. The van der Waals surface area contributed by atoms with Gasteiger partial charge in [-0.25, -0.2) is 4.79 Å². The van der Waals surface area contributed by atoms with Gasteiger partial charge in [-0.05, 0) is 25.3 Å². The van der Waals surface area contributed by atoms with Crippen molar-refractivity contribution < 1.29 is 27.4 Å². The molecule has 1 aliphatic heterocycles. The predicted molar refractivity (Wildman–Crippen MR) is 69.7 cm³/mol. The summed E-state index contributed by atoms with van der Waals surface area (Å²) in [6.07, 6.45) is -4.83. The Morgan fingerprint density at radius 2 is 2.05 bits per heavy atom. The van der Waals surface area contributed by atoms with E-state index >= 15 is 0 Å². The summed E-state index contributed by atoms with van der Waals surface area (Å²) in [5.74, 6) is -1.40. The second kappa shape index (κ2) is 5.67. The average molecular weight is 302 g/mol. The van der Waals surface area contributed by atoms with Gasteiger partial charge >= 0.3 is 12.1 Å². The van der Waals surface area contributed by atoms with E-state index in [0.29, 0.717) is 18.4 Å². The van der Waals surface area contributed by atoms with Crippen LogP contribution in [0.4, 0.5) is 13.2 Å². The number of rotatable bonds is 3. The number of alkyl halides is 3. The zero-order chi connectivity index (χ0) is 15.7. The second-order valence-electron chi connectivity index (χ2n) is 4.91. The predicted octanol–water partition coefficient (Wildman–Crippen LogP) is 3.36. The first-order chi connectivity index (χ1) is 9.86. The van der Waals surface area contributed by atoms with Gasteiger partial charge < -0.3 is 9.47 Å². The van der Waals surface area contributed by atoms with Crippen LogP contribution in [0, 0.1) is 0 Å². The highest BCUT2D eigenvalue weighted by Gasteiger charge is 2.67. The quantitative estimate of drug-likeness (QED) is 0.803. The number of halogens is 3. The van der Waals surface area contributed by atoms with Crippen LogP contribution < -0.4 is 0 Å². The molecule has 2 atom stereocenters. The molecule has 1 aliphatic rings. The van der Waals surface area contributed by atoms with Crippen molar-refractivity contribution in [3.8, 4) is 0 Å². The SMILES string of the molecule is CCOC(=O)C1(C(F)(F)F)OC(CC)Cc2ccccc21. The Labute approximate surface area is 121 Å². The number of carbonyl (C=O) groups excluding carboxylic acids is 1. The van der Waals surface area contributed by atoms with E-state index in [2.05, 4.69) is 4.74 Å². The van der Waals surface area contributed by atoms with Gasteiger partial charge in [-0.15, -0.1) is 0 Å². The molecule has 0 amide bonds. The van der Waals surface area contributed by atoms with Crippen LogP contribution in [0.25, 0.3) is 0 Å². The lowest BCUT2D eigenvalue weighted by Gasteiger charge is -2.41. The Hall–Kier alpha value is -1.56. The summed E-state index contributed by atoms with van der Waals surface area (Å²) < 4.78 is 51.1. The first-order valence-electron chi connectivity index (χ1n) is 6.87. The molecule has 1 aromatic carbocycles. The molecule has 0 aromatic heterocycles. The third-order valence-corrected chi connectivity index (χ3v) is 3.61. The van der Waals surface area contributed by atoms with E-state index in [1.165, 1.54) is 19.1 Å². The topological polar surface area (TPSA) is 35.5 Å². The van der Waals surface area contributed by atoms with Crippen molar-refractivity contribution in [2.75, 3.05) is 6.61 Å². The van der Waals surface area contributed by atoms with Crippen molar-refractivity contribution >= 4 is 5.97 Å². The van der Waals surface area contributed by atoms with Crippen LogP contribution in [-0.2, 0) is 26.3 Å². The fourth-order valence-corrected chi connectivity index (χ4v) is 2.60. The summed E-state index contributed by atoms with van der Waals surface area (Å²) in [5.41, 5.74) is -2.72. The molecule has 0 radical (unpaired) electrons. The fraction of sp³-hybridized carbons (Fsp3) is 0.533.